The number of nitrogens with two attached hydrogens (primary N) is 1. The Bertz CT molecular complexity index is 529. The molecule has 1 amide bonds. The first-order valence-electron chi connectivity index (χ1n) is 7.62. The fourth-order valence-corrected chi connectivity index (χ4v) is 2.76. The number of carbonyl (C=O) groups excluding carboxylic acids is 1. The predicted molar refractivity (Wildman–Crippen MR) is 79.8 cm³/mol. The van der Waals surface area contributed by atoms with E-state index < -0.39 is 6.36 Å². The SMILES string of the molecule is C[C@@H](N)[C@@H]1CCCN(C(=O)Cc2ccc(OC(F)(F)F)cc2)C1. The molecule has 1 aromatic carbocycles. The molecule has 1 aliphatic rings. The van der Waals surface area contributed by atoms with Crippen molar-refractivity contribution in [3.8, 4) is 5.75 Å². The van der Waals surface area contributed by atoms with Crippen molar-refractivity contribution in [2.24, 2.45) is 11.7 Å². The van der Waals surface area contributed by atoms with E-state index in [2.05, 4.69) is 4.74 Å². The van der Waals surface area contributed by atoms with E-state index in [0.29, 0.717) is 24.6 Å². The summed E-state index contributed by atoms with van der Waals surface area (Å²) in [7, 11) is 0. The lowest BCUT2D eigenvalue weighted by Crippen LogP contribution is -2.45. The van der Waals surface area contributed by atoms with Gasteiger partial charge in [0.2, 0.25) is 5.91 Å². The second-order valence-electron chi connectivity index (χ2n) is 5.97. The number of hydrogen-bond donors (Lipinski definition) is 1. The molecule has 0 radical (unpaired) electrons. The molecule has 23 heavy (non-hydrogen) atoms. The van der Waals surface area contributed by atoms with Crippen LogP contribution < -0.4 is 10.5 Å². The Kier molecular flexibility index (Phi) is 5.51. The first-order valence-corrected chi connectivity index (χ1v) is 7.62. The Labute approximate surface area is 133 Å². The van der Waals surface area contributed by atoms with Crippen LogP contribution in [0.2, 0.25) is 0 Å². The maximum absolute atomic E-state index is 12.3. The summed E-state index contributed by atoms with van der Waals surface area (Å²) in [5.41, 5.74) is 6.57. The van der Waals surface area contributed by atoms with Gasteiger partial charge >= 0.3 is 6.36 Å². The number of hydrogen-bond acceptors (Lipinski definition) is 3. The molecule has 2 atom stereocenters. The van der Waals surface area contributed by atoms with Crippen molar-refractivity contribution >= 4 is 5.91 Å². The molecule has 0 aromatic heterocycles. The summed E-state index contributed by atoms with van der Waals surface area (Å²) in [5.74, 6) is -0.0150. The smallest absolute Gasteiger partial charge is 0.406 e. The van der Waals surface area contributed by atoms with E-state index in [1.165, 1.54) is 24.3 Å². The van der Waals surface area contributed by atoms with Gasteiger partial charge in [-0.1, -0.05) is 12.1 Å². The Hall–Kier alpha value is -1.76. The maximum Gasteiger partial charge on any atom is 0.573 e. The minimum Gasteiger partial charge on any atom is -0.406 e. The van der Waals surface area contributed by atoms with Gasteiger partial charge in [0.1, 0.15) is 5.75 Å². The molecule has 128 valence electrons. The summed E-state index contributed by atoms with van der Waals surface area (Å²) in [4.78, 5) is 14.1. The lowest BCUT2D eigenvalue weighted by molar-refractivity contribution is -0.274. The summed E-state index contributed by atoms with van der Waals surface area (Å²) in [6.07, 6.45) is -2.60. The molecule has 1 aliphatic heterocycles. The van der Waals surface area contributed by atoms with Gasteiger partial charge in [0, 0.05) is 19.1 Å². The van der Waals surface area contributed by atoms with Crippen molar-refractivity contribution in [1.29, 1.82) is 0 Å². The summed E-state index contributed by atoms with van der Waals surface area (Å²) < 4.78 is 40.1. The third-order valence-electron chi connectivity index (χ3n) is 4.07. The minimum atomic E-state index is -4.71. The number of likely N-dealkylation sites (tertiary alicyclic amines) is 1. The molecule has 0 spiro atoms. The van der Waals surface area contributed by atoms with E-state index >= 15 is 0 Å². The van der Waals surface area contributed by atoms with E-state index in [0.717, 1.165) is 12.8 Å². The molecule has 2 N–H and O–H groups in total. The Morgan fingerprint density at radius 3 is 2.61 bits per heavy atom. The molecule has 0 bridgehead atoms. The fourth-order valence-electron chi connectivity index (χ4n) is 2.76. The largest absolute Gasteiger partial charge is 0.573 e. The zero-order chi connectivity index (χ0) is 17.0. The van der Waals surface area contributed by atoms with Crippen LogP contribution in [-0.4, -0.2) is 36.3 Å². The van der Waals surface area contributed by atoms with E-state index in [-0.39, 0.29) is 24.1 Å². The normalized spacial score (nSPS) is 20.2. The number of ether oxygens (including phenoxy) is 1. The number of nitrogens with zero attached hydrogens (tertiary/aromatic N) is 1. The topological polar surface area (TPSA) is 55.6 Å². The summed E-state index contributed by atoms with van der Waals surface area (Å²) >= 11 is 0. The van der Waals surface area contributed by atoms with Crippen molar-refractivity contribution in [3.63, 3.8) is 0 Å². The van der Waals surface area contributed by atoms with Gasteiger partial charge in [-0.15, -0.1) is 13.2 Å². The molecule has 2 rings (SSSR count). The highest BCUT2D eigenvalue weighted by molar-refractivity contribution is 5.78. The number of rotatable bonds is 4. The van der Waals surface area contributed by atoms with Crippen LogP contribution in [-0.2, 0) is 11.2 Å². The Balaban J connectivity index is 1.92. The van der Waals surface area contributed by atoms with Crippen molar-refractivity contribution < 1.29 is 22.7 Å². The Morgan fingerprint density at radius 2 is 2.04 bits per heavy atom. The molecule has 1 fully saturated rings. The molecule has 7 heteroatoms. The molecule has 0 aliphatic carbocycles. The first-order chi connectivity index (χ1) is 10.7. The van der Waals surface area contributed by atoms with Gasteiger partial charge in [0.05, 0.1) is 6.42 Å². The van der Waals surface area contributed by atoms with Crippen LogP contribution in [0.5, 0.6) is 5.75 Å². The quantitative estimate of drug-likeness (QED) is 0.923. The van der Waals surface area contributed by atoms with E-state index in [1.807, 2.05) is 6.92 Å². The van der Waals surface area contributed by atoms with Gasteiger partial charge in [-0.3, -0.25) is 4.79 Å². The van der Waals surface area contributed by atoms with Crippen LogP contribution in [0.1, 0.15) is 25.3 Å². The van der Waals surface area contributed by atoms with Crippen molar-refractivity contribution in [1.82, 2.24) is 4.90 Å². The Morgan fingerprint density at radius 1 is 1.39 bits per heavy atom. The average molecular weight is 330 g/mol. The number of carbonyl (C=O) groups is 1. The van der Waals surface area contributed by atoms with Crippen LogP contribution in [0, 0.1) is 5.92 Å². The third kappa shape index (κ3) is 5.42. The molecule has 1 aromatic rings. The number of benzene rings is 1. The number of piperidine rings is 1. The zero-order valence-electron chi connectivity index (χ0n) is 13.0. The van der Waals surface area contributed by atoms with Crippen molar-refractivity contribution in [2.75, 3.05) is 13.1 Å². The van der Waals surface area contributed by atoms with Crippen LogP contribution in [0.4, 0.5) is 13.2 Å². The first kappa shape index (κ1) is 17.6. The molecular formula is C16H21F3N2O2. The highest BCUT2D eigenvalue weighted by Crippen LogP contribution is 2.23. The van der Waals surface area contributed by atoms with Crippen LogP contribution in [0.25, 0.3) is 0 Å². The average Bonchev–Trinajstić information content (AvgIpc) is 2.48. The van der Waals surface area contributed by atoms with Gasteiger partial charge < -0.3 is 15.4 Å². The number of halogens is 3. The van der Waals surface area contributed by atoms with Crippen LogP contribution in [0.15, 0.2) is 24.3 Å². The maximum atomic E-state index is 12.3. The van der Waals surface area contributed by atoms with Gasteiger partial charge in [0.25, 0.3) is 0 Å². The summed E-state index contributed by atoms with van der Waals surface area (Å²) in [5, 5.41) is 0. The van der Waals surface area contributed by atoms with Crippen LogP contribution in [0.3, 0.4) is 0 Å². The van der Waals surface area contributed by atoms with Gasteiger partial charge in [-0.05, 0) is 43.4 Å². The molecule has 0 unspecified atom stereocenters. The summed E-state index contributed by atoms with van der Waals surface area (Å²) in [6.45, 7) is 3.29. The monoisotopic (exact) mass is 330 g/mol. The molecule has 4 nitrogen and oxygen atoms in total. The van der Waals surface area contributed by atoms with E-state index in [4.69, 9.17) is 5.73 Å². The molecular weight excluding hydrogens is 309 g/mol. The lowest BCUT2D eigenvalue weighted by atomic mass is 9.92. The van der Waals surface area contributed by atoms with Gasteiger partial charge in [0.15, 0.2) is 0 Å². The lowest BCUT2D eigenvalue weighted by Gasteiger charge is -2.34. The predicted octanol–water partition coefficient (Wildman–Crippen LogP) is 2.71. The summed E-state index contributed by atoms with van der Waals surface area (Å²) in [6, 6.07) is 5.44. The molecule has 0 saturated carbocycles. The fraction of sp³-hybridized carbons (Fsp3) is 0.562. The minimum absolute atomic E-state index is 0.0279. The van der Waals surface area contributed by atoms with Crippen LogP contribution >= 0.6 is 0 Å². The van der Waals surface area contributed by atoms with E-state index in [9.17, 15) is 18.0 Å². The van der Waals surface area contributed by atoms with Crippen molar-refractivity contribution in [2.45, 2.75) is 38.6 Å². The standard InChI is InChI=1S/C16H21F3N2O2/c1-11(20)13-3-2-8-21(10-13)15(22)9-12-4-6-14(7-5-12)23-16(17,18)19/h4-7,11,13H,2-3,8-10,20H2,1H3/t11-,13-/m1/s1. The number of alkyl halides is 3. The second kappa shape index (κ2) is 7.21. The van der Waals surface area contributed by atoms with Crippen molar-refractivity contribution in [3.05, 3.63) is 29.8 Å². The molecule has 1 heterocycles. The second-order valence-corrected chi connectivity index (χ2v) is 5.97. The van der Waals surface area contributed by atoms with E-state index in [1.54, 1.807) is 4.90 Å². The highest BCUT2D eigenvalue weighted by Gasteiger charge is 2.31. The highest BCUT2D eigenvalue weighted by atomic mass is 19.4. The third-order valence-corrected chi connectivity index (χ3v) is 4.07. The van der Waals surface area contributed by atoms with Gasteiger partial charge in [-0.2, -0.15) is 0 Å². The number of amides is 1. The van der Waals surface area contributed by atoms with Gasteiger partial charge in [-0.25, -0.2) is 0 Å². The molecule has 1 saturated heterocycles. The zero-order valence-corrected chi connectivity index (χ0v) is 13.0.